The molecule has 3 saturated carbocycles. The minimum absolute atomic E-state index is 0.206. The van der Waals surface area contributed by atoms with Gasteiger partial charge in [-0.3, -0.25) is 0 Å². The second-order valence-electron chi connectivity index (χ2n) is 5.20. The van der Waals surface area contributed by atoms with Gasteiger partial charge >= 0.3 is 0 Å². The molecule has 0 aromatic heterocycles. The molecule has 2 bridgehead atoms. The topological polar surface area (TPSA) is 52.8 Å². The van der Waals surface area contributed by atoms with Crippen LogP contribution in [0.1, 0.15) is 33.6 Å². The van der Waals surface area contributed by atoms with Crippen molar-refractivity contribution in [3.63, 3.8) is 0 Å². The number of fused-ring (bicyclic) bond motifs is 2. The molecule has 0 aliphatic heterocycles. The molecule has 3 heteroatoms. The summed E-state index contributed by atoms with van der Waals surface area (Å²) in [6.07, 6.45) is 1.81. The van der Waals surface area contributed by atoms with Crippen molar-refractivity contribution in [2.24, 2.45) is 22.4 Å². The van der Waals surface area contributed by atoms with Gasteiger partial charge in [-0.25, -0.2) is 0 Å². The van der Waals surface area contributed by atoms with Gasteiger partial charge in [0.05, 0.1) is 5.71 Å². The average Bonchev–Trinajstić information content (AvgIpc) is 2.01. The first kappa shape index (κ1) is 9.00. The Hall–Kier alpha value is -0.570. The van der Waals surface area contributed by atoms with E-state index in [-0.39, 0.29) is 11.3 Å². The van der Waals surface area contributed by atoms with Crippen molar-refractivity contribution in [2.75, 3.05) is 0 Å². The minimum Gasteiger partial charge on any atom is -0.411 e. The Morgan fingerprint density at radius 3 is 2.38 bits per heavy atom. The Morgan fingerprint density at radius 2 is 2.00 bits per heavy atom. The summed E-state index contributed by atoms with van der Waals surface area (Å²) in [5, 5.41) is 22.2. The molecule has 74 valence electrons. The Bertz CT molecular complexity index is 268. The Morgan fingerprint density at radius 1 is 1.38 bits per heavy atom. The lowest BCUT2D eigenvalue weighted by atomic mass is 9.44. The fourth-order valence-electron chi connectivity index (χ4n) is 3.10. The molecule has 3 rings (SSSR count). The molecule has 0 unspecified atom stereocenters. The van der Waals surface area contributed by atoms with E-state index in [0.29, 0.717) is 11.6 Å². The van der Waals surface area contributed by atoms with Gasteiger partial charge in [0.15, 0.2) is 0 Å². The van der Waals surface area contributed by atoms with Crippen molar-refractivity contribution in [2.45, 2.75) is 39.2 Å². The van der Waals surface area contributed by atoms with Gasteiger partial charge in [-0.1, -0.05) is 19.0 Å². The molecule has 3 fully saturated rings. The lowest BCUT2D eigenvalue weighted by Crippen LogP contribution is -2.64. The molecular weight excluding hydrogens is 166 g/mol. The molecule has 3 aliphatic carbocycles. The summed E-state index contributed by atoms with van der Waals surface area (Å²) in [7, 11) is 0. The van der Waals surface area contributed by atoms with Gasteiger partial charge in [-0.05, 0) is 37.0 Å². The zero-order valence-corrected chi connectivity index (χ0v) is 8.41. The summed E-state index contributed by atoms with van der Waals surface area (Å²) in [6.45, 7) is 6.15. The van der Waals surface area contributed by atoms with Crippen LogP contribution in [0.25, 0.3) is 0 Å². The second kappa shape index (κ2) is 2.27. The molecule has 3 atom stereocenters. The van der Waals surface area contributed by atoms with Gasteiger partial charge < -0.3 is 10.3 Å². The molecular formula is C10H17NO2. The summed E-state index contributed by atoms with van der Waals surface area (Å²) >= 11 is 0. The summed E-state index contributed by atoms with van der Waals surface area (Å²) in [6, 6.07) is 0. The fraction of sp³-hybridized carbons (Fsp3) is 0.900. The Balaban J connectivity index is 2.34. The van der Waals surface area contributed by atoms with E-state index in [1.165, 1.54) is 0 Å². The molecule has 2 N–H and O–H groups in total. The van der Waals surface area contributed by atoms with E-state index in [2.05, 4.69) is 19.0 Å². The largest absolute Gasteiger partial charge is 0.411 e. The third-order valence-electron chi connectivity index (χ3n) is 4.29. The van der Waals surface area contributed by atoms with E-state index < -0.39 is 5.60 Å². The molecule has 0 saturated heterocycles. The first-order valence-corrected chi connectivity index (χ1v) is 4.84. The van der Waals surface area contributed by atoms with Crippen molar-refractivity contribution < 1.29 is 10.3 Å². The first-order valence-electron chi connectivity index (χ1n) is 4.84. The highest BCUT2D eigenvalue weighted by atomic mass is 16.4. The molecule has 0 amide bonds. The van der Waals surface area contributed by atoms with Crippen LogP contribution in [-0.2, 0) is 0 Å². The maximum Gasteiger partial charge on any atom is 0.106 e. The van der Waals surface area contributed by atoms with Crippen molar-refractivity contribution in [1.29, 1.82) is 0 Å². The quantitative estimate of drug-likeness (QED) is 0.443. The van der Waals surface area contributed by atoms with Crippen LogP contribution in [0.3, 0.4) is 0 Å². The highest BCUT2D eigenvalue weighted by molar-refractivity contribution is 5.94. The summed E-state index contributed by atoms with van der Waals surface area (Å²) in [4.78, 5) is 0. The standard InChI is InChI=1S/C10H17NO2/c1-9(2)6-4-7(9)10(3,12)8(5-6)11-13/h6-7,12-13H,4-5H2,1-3H3/b11-8+/t6-,7+,10-/m1/s1. The van der Waals surface area contributed by atoms with E-state index in [1.807, 2.05) is 0 Å². The summed E-state index contributed by atoms with van der Waals surface area (Å²) < 4.78 is 0. The van der Waals surface area contributed by atoms with Crippen molar-refractivity contribution >= 4 is 5.71 Å². The van der Waals surface area contributed by atoms with Crippen LogP contribution in [0.5, 0.6) is 0 Å². The maximum absolute atomic E-state index is 10.2. The minimum atomic E-state index is -0.896. The third kappa shape index (κ3) is 0.909. The normalized spacial score (nSPS) is 50.3. The molecule has 0 radical (unpaired) electrons. The number of aliphatic hydroxyl groups is 1. The van der Waals surface area contributed by atoms with Crippen molar-refractivity contribution in [3.05, 3.63) is 0 Å². The zero-order valence-electron chi connectivity index (χ0n) is 8.41. The monoisotopic (exact) mass is 183 g/mol. The molecule has 3 nitrogen and oxygen atoms in total. The SMILES string of the molecule is CC1(C)[C@H]2C/C(=N\O)[C@](C)(O)[C@H]1C2. The van der Waals surface area contributed by atoms with Gasteiger partial charge in [0.1, 0.15) is 5.60 Å². The number of rotatable bonds is 0. The summed E-state index contributed by atoms with van der Waals surface area (Å²) in [5.41, 5.74) is -0.127. The second-order valence-corrected chi connectivity index (χ2v) is 5.20. The molecule has 3 aliphatic rings. The van der Waals surface area contributed by atoms with Crippen LogP contribution in [0.15, 0.2) is 5.16 Å². The third-order valence-corrected chi connectivity index (χ3v) is 4.29. The van der Waals surface area contributed by atoms with Gasteiger partial charge in [-0.2, -0.15) is 0 Å². The summed E-state index contributed by atoms with van der Waals surface area (Å²) in [5.74, 6) is 0.841. The van der Waals surface area contributed by atoms with Crippen LogP contribution in [0.4, 0.5) is 0 Å². The van der Waals surface area contributed by atoms with Gasteiger partial charge in [0.2, 0.25) is 0 Å². The van der Waals surface area contributed by atoms with Gasteiger partial charge in [-0.15, -0.1) is 0 Å². The average molecular weight is 183 g/mol. The van der Waals surface area contributed by atoms with Gasteiger partial charge in [0.25, 0.3) is 0 Å². The number of hydrogen-bond donors (Lipinski definition) is 2. The lowest BCUT2D eigenvalue weighted by Gasteiger charge is -2.62. The molecule has 0 aromatic rings. The zero-order chi connectivity index (χ0) is 9.85. The molecule has 0 heterocycles. The van der Waals surface area contributed by atoms with Crippen molar-refractivity contribution in [1.82, 2.24) is 0 Å². The molecule has 13 heavy (non-hydrogen) atoms. The number of hydrogen-bond acceptors (Lipinski definition) is 3. The smallest absolute Gasteiger partial charge is 0.106 e. The lowest BCUT2D eigenvalue weighted by molar-refractivity contribution is -0.135. The Labute approximate surface area is 78.4 Å². The first-order chi connectivity index (χ1) is 5.90. The highest BCUT2D eigenvalue weighted by Crippen LogP contribution is 2.61. The predicted octanol–water partition coefficient (Wildman–Crippen LogP) is 1.63. The van der Waals surface area contributed by atoms with E-state index in [0.717, 1.165) is 12.8 Å². The maximum atomic E-state index is 10.2. The number of oxime groups is 1. The van der Waals surface area contributed by atoms with Crippen LogP contribution in [0.2, 0.25) is 0 Å². The fourth-order valence-corrected chi connectivity index (χ4v) is 3.10. The van der Waals surface area contributed by atoms with E-state index in [1.54, 1.807) is 6.92 Å². The van der Waals surface area contributed by atoms with Crippen LogP contribution in [-0.4, -0.2) is 21.6 Å². The number of nitrogens with zero attached hydrogens (tertiary/aromatic N) is 1. The van der Waals surface area contributed by atoms with E-state index in [4.69, 9.17) is 5.21 Å². The Kier molecular flexibility index (Phi) is 1.57. The molecule has 0 spiro atoms. The highest BCUT2D eigenvalue weighted by Gasteiger charge is 2.61. The van der Waals surface area contributed by atoms with Gasteiger partial charge in [0, 0.05) is 0 Å². The van der Waals surface area contributed by atoms with Crippen molar-refractivity contribution in [3.8, 4) is 0 Å². The predicted molar refractivity (Wildman–Crippen MR) is 49.8 cm³/mol. The van der Waals surface area contributed by atoms with Crippen LogP contribution in [0, 0.1) is 17.3 Å². The van der Waals surface area contributed by atoms with E-state index in [9.17, 15) is 5.11 Å². The van der Waals surface area contributed by atoms with Crippen LogP contribution >= 0.6 is 0 Å². The van der Waals surface area contributed by atoms with Crippen LogP contribution < -0.4 is 0 Å². The van der Waals surface area contributed by atoms with E-state index >= 15 is 0 Å². The molecule has 0 aromatic carbocycles.